The Labute approximate surface area is 91.9 Å². The Morgan fingerprint density at radius 1 is 1.47 bits per heavy atom. The van der Waals surface area contributed by atoms with Gasteiger partial charge in [0.1, 0.15) is 5.82 Å². The van der Waals surface area contributed by atoms with Crippen molar-refractivity contribution in [2.75, 3.05) is 5.73 Å². The van der Waals surface area contributed by atoms with E-state index < -0.39 is 0 Å². The first-order chi connectivity index (χ1) is 7.00. The number of nitrogens with two attached hydrogens (primary N) is 1. The van der Waals surface area contributed by atoms with Gasteiger partial charge in [-0.25, -0.2) is 9.37 Å². The zero-order valence-electron chi connectivity index (χ0n) is 8.97. The van der Waals surface area contributed by atoms with Crippen molar-refractivity contribution < 1.29 is 4.39 Å². The lowest BCUT2D eigenvalue weighted by Gasteiger charge is -2.08. The summed E-state index contributed by atoms with van der Waals surface area (Å²) in [5, 5.41) is 0.501. The molecule has 0 aliphatic heterocycles. The number of hydrogen-bond acceptors (Lipinski definition) is 3. The van der Waals surface area contributed by atoms with Crippen molar-refractivity contribution in [2.45, 2.75) is 26.7 Å². The van der Waals surface area contributed by atoms with Crippen molar-refractivity contribution >= 4 is 26.7 Å². The highest BCUT2D eigenvalue weighted by molar-refractivity contribution is 7.22. The van der Waals surface area contributed by atoms with Gasteiger partial charge < -0.3 is 5.73 Å². The fraction of sp³-hybridized carbons (Fsp3) is 0.364. The first-order valence-corrected chi connectivity index (χ1v) is 5.67. The first-order valence-electron chi connectivity index (χ1n) is 4.85. The Morgan fingerprint density at radius 2 is 2.13 bits per heavy atom. The van der Waals surface area contributed by atoms with Gasteiger partial charge in [0.15, 0.2) is 5.13 Å². The average molecular weight is 224 g/mol. The quantitative estimate of drug-likeness (QED) is 0.805. The van der Waals surface area contributed by atoms with Crippen molar-refractivity contribution in [1.82, 2.24) is 4.98 Å². The van der Waals surface area contributed by atoms with Gasteiger partial charge in [-0.05, 0) is 24.5 Å². The summed E-state index contributed by atoms with van der Waals surface area (Å²) < 4.78 is 14.8. The summed E-state index contributed by atoms with van der Waals surface area (Å²) in [6.45, 7) is 5.80. The van der Waals surface area contributed by atoms with E-state index in [1.165, 1.54) is 11.3 Å². The van der Waals surface area contributed by atoms with Gasteiger partial charge in [0, 0.05) is 5.56 Å². The summed E-state index contributed by atoms with van der Waals surface area (Å²) in [7, 11) is 0. The number of fused-ring (bicyclic) bond motifs is 1. The topological polar surface area (TPSA) is 38.9 Å². The molecule has 2 aromatic rings. The van der Waals surface area contributed by atoms with Gasteiger partial charge >= 0.3 is 0 Å². The molecule has 0 fully saturated rings. The van der Waals surface area contributed by atoms with E-state index in [1.807, 2.05) is 20.8 Å². The molecule has 1 aromatic heterocycles. The van der Waals surface area contributed by atoms with E-state index in [0.717, 1.165) is 15.8 Å². The standard InChI is InChI=1S/C11H13FN2S/c1-5(2)8-7(12)4-6(3)10-9(8)14-11(13)15-10/h4-5H,1-3H3,(H2,13,14). The molecule has 2 nitrogen and oxygen atoms in total. The smallest absolute Gasteiger partial charge is 0.181 e. The number of aryl methyl sites for hydroxylation is 1. The second kappa shape index (κ2) is 3.45. The van der Waals surface area contributed by atoms with Crippen LogP contribution in [0.15, 0.2) is 6.07 Å². The SMILES string of the molecule is Cc1cc(F)c(C(C)C)c2nc(N)sc12. The Hall–Kier alpha value is -1.16. The number of anilines is 1. The van der Waals surface area contributed by atoms with Crippen LogP contribution in [-0.2, 0) is 0 Å². The minimum absolute atomic E-state index is 0.120. The van der Waals surface area contributed by atoms with Gasteiger partial charge in [-0.15, -0.1) is 0 Å². The molecule has 0 amide bonds. The van der Waals surface area contributed by atoms with Crippen LogP contribution in [0.5, 0.6) is 0 Å². The number of benzene rings is 1. The molecule has 1 heterocycles. The summed E-state index contributed by atoms with van der Waals surface area (Å²) in [5.41, 5.74) is 7.96. The third kappa shape index (κ3) is 1.59. The molecule has 0 radical (unpaired) electrons. The number of hydrogen-bond donors (Lipinski definition) is 1. The minimum Gasteiger partial charge on any atom is -0.375 e. The highest BCUT2D eigenvalue weighted by atomic mass is 32.1. The van der Waals surface area contributed by atoms with Crippen LogP contribution in [0.4, 0.5) is 9.52 Å². The molecule has 0 aliphatic carbocycles. The number of nitrogens with zero attached hydrogens (tertiary/aromatic N) is 1. The Bertz CT molecular complexity index is 517. The van der Waals surface area contributed by atoms with Gasteiger partial charge in [0.25, 0.3) is 0 Å². The van der Waals surface area contributed by atoms with E-state index in [-0.39, 0.29) is 11.7 Å². The molecule has 15 heavy (non-hydrogen) atoms. The maximum absolute atomic E-state index is 13.8. The third-order valence-corrected chi connectivity index (χ3v) is 3.45. The number of rotatable bonds is 1. The van der Waals surface area contributed by atoms with Crippen LogP contribution in [0.2, 0.25) is 0 Å². The van der Waals surface area contributed by atoms with Crippen molar-refractivity contribution in [1.29, 1.82) is 0 Å². The van der Waals surface area contributed by atoms with Crippen LogP contribution in [0, 0.1) is 12.7 Å². The molecule has 80 valence electrons. The molecular weight excluding hydrogens is 211 g/mol. The normalized spacial score (nSPS) is 11.5. The van der Waals surface area contributed by atoms with Crippen LogP contribution in [0.3, 0.4) is 0 Å². The predicted molar refractivity (Wildman–Crippen MR) is 62.8 cm³/mol. The Kier molecular flexibility index (Phi) is 2.38. The van der Waals surface area contributed by atoms with E-state index in [0.29, 0.717) is 10.7 Å². The number of aromatic nitrogens is 1. The van der Waals surface area contributed by atoms with Crippen molar-refractivity contribution in [3.8, 4) is 0 Å². The summed E-state index contributed by atoms with van der Waals surface area (Å²) >= 11 is 1.42. The lowest BCUT2D eigenvalue weighted by molar-refractivity contribution is 0.600. The van der Waals surface area contributed by atoms with Gasteiger partial charge in [0.2, 0.25) is 0 Å². The summed E-state index contributed by atoms with van der Waals surface area (Å²) in [6, 6.07) is 1.56. The van der Waals surface area contributed by atoms with Crippen LogP contribution >= 0.6 is 11.3 Å². The molecule has 2 N–H and O–H groups in total. The highest BCUT2D eigenvalue weighted by Crippen LogP contribution is 2.34. The van der Waals surface area contributed by atoms with Crippen LogP contribution in [0.25, 0.3) is 10.2 Å². The second-order valence-corrected chi connectivity index (χ2v) is 5.00. The summed E-state index contributed by atoms with van der Waals surface area (Å²) in [6.07, 6.45) is 0. The van der Waals surface area contributed by atoms with E-state index in [1.54, 1.807) is 6.07 Å². The van der Waals surface area contributed by atoms with E-state index >= 15 is 0 Å². The molecule has 4 heteroatoms. The zero-order valence-corrected chi connectivity index (χ0v) is 9.78. The van der Waals surface area contributed by atoms with Crippen molar-refractivity contribution in [3.63, 3.8) is 0 Å². The second-order valence-electron chi connectivity index (χ2n) is 3.97. The number of halogens is 1. The largest absolute Gasteiger partial charge is 0.375 e. The molecule has 0 saturated heterocycles. The molecule has 0 atom stereocenters. The van der Waals surface area contributed by atoms with Gasteiger partial charge in [0.05, 0.1) is 10.2 Å². The molecule has 1 aromatic carbocycles. The van der Waals surface area contributed by atoms with Gasteiger partial charge in [-0.1, -0.05) is 25.2 Å². The fourth-order valence-corrected chi connectivity index (χ4v) is 2.60. The summed E-state index contributed by atoms with van der Waals surface area (Å²) in [5.74, 6) is -0.0603. The Balaban J connectivity index is 2.89. The van der Waals surface area contributed by atoms with Crippen LogP contribution < -0.4 is 5.73 Å². The Morgan fingerprint density at radius 3 is 2.73 bits per heavy atom. The minimum atomic E-state index is -0.180. The molecule has 0 spiro atoms. The maximum atomic E-state index is 13.8. The predicted octanol–water partition coefficient (Wildman–Crippen LogP) is 3.45. The fourth-order valence-electron chi connectivity index (χ4n) is 1.78. The molecule has 2 rings (SSSR count). The van der Waals surface area contributed by atoms with E-state index in [9.17, 15) is 4.39 Å². The molecule has 0 saturated carbocycles. The van der Waals surface area contributed by atoms with Crippen LogP contribution in [0.1, 0.15) is 30.9 Å². The molecule has 0 bridgehead atoms. The molecule has 0 unspecified atom stereocenters. The van der Waals surface area contributed by atoms with Gasteiger partial charge in [-0.3, -0.25) is 0 Å². The lowest BCUT2D eigenvalue weighted by Crippen LogP contribution is -1.96. The van der Waals surface area contributed by atoms with E-state index in [4.69, 9.17) is 5.73 Å². The maximum Gasteiger partial charge on any atom is 0.181 e. The lowest BCUT2D eigenvalue weighted by atomic mass is 10.00. The third-order valence-electron chi connectivity index (χ3n) is 2.43. The van der Waals surface area contributed by atoms with Crippen molar-refractivity contribution in [2.24, 2.45) is 0 Å². The van der Waals surface area contributed by atoms with Crippen LogP contribution in [-0.4, -0.2) is 4.98 Å². The van der Waals surface area contributed by atoms with Crippen molar-refractivity contribution in [3.05, 3.63) is 23.0 Å². The number of nitrogen functional groups attached to an aromatic ring is 1. The molecular formula is C11H13FN2S. The monoisotopic (exact) mass is 224 g/mol. The zero-order chi connectivity index (χ0) is 11.2. The highest BCUT2D eigenvalue weighted by Gasteiger charge is 2.16. The number of thiazole rings is 1. The van der Waals surface area contributed by atoms with Gasteiger partial charge in [-0.2, -0.15) is 0 Å². The summed E-state index contributed by atoms with van der Waals surface area (Å²) in [4.78, 5) is 4.21. The van der Waals surface area contributed by atoms with E-state index in [2.05, 4.69) is 4.98 Å². The first kappa shape index (κ1) is 10.4. The average Bonchev–Trinajstić information content (AvgIpc) is 2.45. The molecule has 0 aliphatic rings.